The van der Waals surface area contributed by atoms with Crippen molar-refractivity contribution in [1.82, 2.24) is 14.8 Å². The summed E-state index contributed by atoms with van der Waals surface area (Å²) in [6.45, 7) is 5.72. The van der Waals surface area contributed by atoms with Crippen LogP contribution in [0.3, 0.4) is 0 Å². The van der Waals surface area contributed by atoms with Crippen molar-refractivity contribution in [3.8, 4) is 0 Å². The molecular weight excluding hydrogens is 403 g/mol. The summed E-state index contributed by atoms with van der Waals surface area (Å²) < 4.78 is 14.1. The quantitative estimate of drug-likeness (QED) is 0.822. The van der Waals surface area contributed by atoms with Gasteiger partial charge in [-0.1, -0.05) is 6.07 Å². The van der Waals surface area contributed by atoms with Crippen LogP contribution in [-0.2, 0) is 13.1 Å². The fraction of sp³-hybridized carbons (Fsp3) is 0.400. The molecule has 0 amide bonds. The summed E-state index contributed by atoms with van der Waals surface area (Å²) >= 11 is 4.74. The van der Waals surface area contributed by atoms with Crippen LogP contribution in [0, 0.1) is 5.82 Å². The first-order chi connectivity index (χ1) is 10.6. The minimum absolute atomic E-state index is 0. The smallest absolute Gasteiger partial charge is 0.180 e. The molecule has 0 atom stereocenters. The molecule has 1 aliphatic heterocycles. The first kappa shape index (κ1) is 18.6. The third kappa shape index (κ3) is 5.12. The van der Waals surface area contributed by atoms with Crippen LogP contribution in [0.25, 0.3) is 0 Å². The molecule has 4 nitrogen and oxygen atoms in total. The molecule has 1 aliphatic rings. The molecule has 2 aromatic rings. The second-order valence-electron chi connectivity index (χ2n) is 5.47. The van der Waals surface area contributed by atoms with Gasteiger partial charge >= 0.3 is 0 Å². The summed E-state index contributed by atoms with van der Waals surface area (Å²) in [5.74, 6) is -0.195. The van der Waals surface area contributed by atoms with Crippen molar-refractivity contribution in [1.29, 1.82) is 0 Å². The number of piperazine rings is 1. The molecule has 2 heterocycles. The maximum Gasteiger partial charge on any atom is 0.180 e. The number of thiazole rings is 1. The van der Waals surface area contributed by atoms with Gasteiger partial charge in [0.1, 0.15) is 5.82 Å². The average Bonchev–Trinajstić information content (AvgIpc) is 2.90. The lowest BCUT2D eigenvalue weighted by molar-refractivity contribution is 0.122. The van der Waals surface area contributed by atoms with Gasteiger partial charge in [-0.25, -0.2) is 9.37 Å². The van der Waals surface area contributed by atoms with E-state index in [1.54, 1.807) is 23.5 Å². The molecule has 1 aromatic heterocycles. The van der Waals surface area contributed by atoms with Gasteiger partial charge in [-0.05, 0) is 33.6 Å². The van der Waals surface area contributed by atoms with E-state index in [2.05, 4.69) is 30.7 Å². The highest BCUT2D eigenvalue weighted by Crippen LogP contribution is 2.19. The summed E-state index contributed by atoms with van der Waals surface area (Å²) in [7, 11) is 0. The fourth-order valence-electron chi connectivity index (χ4n) is 2.62. The molecule has 23 heavy (non-hydrogen) atoms. The Morgan fingerprint density at radius 3 is 2.39 bits per heavy atom. The number of nitrogen functional groups attached to an aromatic ring is 1. The molecule has 0 saturated carbocycles. The lowest BCUT2D eigenvalue weighted by Crippen LogP contribution is -2.45. The Bertz CT molecular complexity index is 646. The van der Waals surface area contributed by atoms with Crippen molar-refractivity contribution in [3.63, 3.8) is 0 Å². The molecule has 2 N–H and O–H groups in total. The molecule has 3 rings (SSSR count). The standard InChI is InChI=1S/C15H18BrFN4S.ClH/c16-13-2-1-11(7-14(13)17)9-20-3-5-21(6-4-20)10-12-8-19-15(18)22-12;/h1-2,7-8H,3-6,9-10H2,(H2,18,19);1H. The summed E-state index contributed by atoms with van der Waals surface area (Å²) in [6, 6.07) is 5.35. The Kier molecular flexibility index (Phi) is 6.79. The number of benzene rings is 1. The molecule has 1 saturated heterocycles. The molecule has 0 spiro atoms. The summed E-state index contributed by atoms with van der Waals surface area (Å²) in [6.07, 6.45) is 1.86. The zero-order chi connectivity index (χ0) is 15.5. The highest BCUT2D eigenvalue weighted by molar-refractivity contribution is 9.10. The predicted molar refractivity (Wildman–Crippen MR) is 98.4 cm³/mol. The van der Waals surface area contributed by atoms with E-state index in [9.17, 15) is 4.39 Å². The molecule has 0 unspecified atom stereocenters. The summed E-state index contributed by atoms with van der Waals surface area (Å²) in [4.78, 5) is 10.1. The van der Waals surface area contributed by atoms with Crippen LogP contribution in [-0.4, -0.2) is 41.0 Å². The monoisotopic (exact) mass is 420 g/mol. The molecule has 0 radical (unpaired) electrons. The molecule has 126 valence electrons. The molecule has 0 bridgehead atoms. The Morgan fingerprint density at radius 1 is 1.17 bits per heavy atom. The van der Waals surface area contributed by atoms with Crippen molar-refractivity contribution in [2.45, 2.75) is 13.1 Å². The van der Waals surface area contributed by atoms with Crippen LogP contribution < -0.4 is 5.73 Å². The average molecular weight is 422 g/mol. The van der Waals surface area contributed by atoms with Gasteiger partial charge < -0.3 is 5.73 Å². The van der Waals surface area contributed by atoms with Crippen molar-refractivity contribution < 1.29 is 4.39 Å². The van der Waals surface area contributed by atoms with Gasteiger partial charge in [-0.15, -0.1) is 23.7 Å². The van der Waals surface area contributed by atoms with E-state index in [0.717, 1.165) is 44.8 Å². The maximum absolute atomic E-state index is 13.6. The van der Waals surface area contributed by atoms with Gasteiger partial charge in [0.15, 0.2) is 5.13 Å². The van der Waals surface area contributed by atoms with E-state index < -0.39 is 0 Å². The largest absolute Gasteiger partial charge is 0.375 e. The van der Waals surface area contributed by atoms with Gasteiger partial charge in [0.05, 0.1) is 4.47 Å². The Balaban J connectivity index is 0.00000192. The Labute approximate surface area is 154 Å². The van der Waals surface area contributed by atoms with E-state index >= 15 is 0 Å². The zero-order valence-electron chi connectivity index (χ0n) is 12.5. The minimum Gasteiger partial charge on any atom is -0.375 e. The predicted octanol–water partition coefficient (Wildman–Crippen LogP) is 3.37. The van der Waals surface area contributed by atoms with E-state index in [0.29, 0.717) is 9.60 Å². The number of hydrogen-bond acceptors (Lipinski definition) is 5. The highest BCUT2D eigenvalue weighted by atomic mass is 79.9. The topological polar surface area (TPSA) is 45.4 Å². The van der Waals surface area contributed by atoms with Gasteiger partial charge in [-0.2, -0.15) is 0 Å². The highest BCUT2D eigenvalue weighted by Gasteiger charge is 2.18. The third-order valence-corrected chi connectivity index (χ3v) is 5.26. The van der Waals surface area contributed by atoms with Crippen LogP contribution in [0.5, 0.6) is 0 Å². The molecule has 0 aliphatic carbocycles. The van der Waals surface area contributed by atoms with E-state index in [-0.39, 0.29) is 18.2 Å². The maximum atomic E-state index is 13.6. The van der Waals surface area contributed by atoms with Crippen LogP contribution in [0.4, 0.5) is 9.52 Å². The number of anilines is 1. The molecular formula is C15H19BrClFN4S. The SMILES string of the molecule is Cl.Nc1ncc(CN2CCN(Cc3ccc(Br)c(F)c3)CC2)s1. The van der Waals surface area contributed by atoms with Crippen molar-refractivity contribution in [2.75, 3.05) is 31.9 Å². The molecule has 1 aromatic carbocycles. The number of aromatic nitrogens is 1. The first-order valence-electron chi connectivity index (χ1n) is 7.19. The summed E-state index contributed by atoms with van der Waals surface area (Å²) in [5.41, 5.74) is 6.68. The van der Waals surface area contributed by atoms with Crippen molar-refractivity contribution in [3.05, 3.63) is 45.1 Å². The lowest BCUT2D eigenvalue weighted by Gasteiger charge is -2.34. The molecule has 8 heteroatoms. The van der Waals surface area contributed by atoms with Crippen molar-refractivity contribution >= 4 is 44.8 Å². The van der Waals surface area contributed by atoms with Crippen LogP contribution in [0.1, 0.15) is 10.4 Å². The van der Waals surface area contributed by atoms with Crippen LogP contribution in [0.2, 0.25) is 0 Å². The normalized spacial score (nSPS) is 16.3. The zero-order valence-corrected chi connectivity index (χ0v) is 15.8. The Hall–Kier alpha value is -0.730. The van der Waals surface area contributed by atoms with Gasteiger partial charge in [0, 0.05) is 50.3 Å². The van der Waals surface area contributed by atoms with Crippen LogP contribution >= 0.6 is 39.7 Å². The second kappa shape index (κ2) is 8.39. The van der Waals surface area contributed by atoms with E-state index in [1.807, 2.05) is 12.3 Å². The summed E-state index contributed by atoms with van der Waals surface area (Å²) in [5, 5.41) is 0.630. The first-order valence-corrected chi connectivity index (χ1v) is 8.80. The van der Waals surface area contributed by atoms with Crippen LogP contribution in [0.15, 0.2) is 28.9 Å². The van der Waals surface area contributed by atoms with Gasteiger partial charge in [0.25, 0.3) is 0 Å². The van der Waals surface area contributed by atoms with E-state index in [4.69, 9.17) is 5.73 Å². The lowest BCUT2D eigenvalue weighted by atomic mass is 10.2. The number of nitrogens with two attached hydrogens (primary N) is 1. The number of halogens is 3. The van der Waals surface area contributed by atoms with Gasteiger partial charge in [-0.3, -0.25) is 9.80 Å². The van der Waals surface area contributed by atoms with Gasteiger partial charge in [0.2, 0.25) is 0 Å². The third-order valence-electron chi connectivity index (χ3n) is 3.81. The Morgan fingerprint density at radius 2 is 1.83 bits per heavy atom. The molecule has 1 fully saturated rings. The van der Waals surface area contributed by atoms with Crippen molar-refractivity contribution in [2.24, 2.45) is 0 Å². The number of rotatable bonds is 4. The number of hydrogen-bond donors (Lipinski definition) is 1. The van der Waals surface area contributed by atoms with E-state index in [1.165, 1.54) is 4.88 Å². The fourth-order valence-corrected chi connectivity index (χ4v) is 3.59. The second-order valence-corrected chi connectivity index (χ2v) is 7.47. The minimum atomic E-state index is -0.195. The number of nitrogens with zero attached hydrogens (tertiary/aromatic N) is 3.